The van der Waals surface area contributed by atoms with Gasteiger partial charge in [0.2, 0.25) is 5.91 Å². The highest BCUT2D eigenvalue weighted by molar-refractivity contribution is 6.18. The van der Waals surface area contributed by atoms with Crippen LogP contribution in [-0.2, 0) is 22.3 Å². The minimum atomic E-state index is -4.42. The van der Waals surface area contributed by atoms with Crippen LogP contribution in [-0.4, -0.2) is 33.7 Å². The van der Waals surface area contributed by atoms with Crippen LogP contribution in [0, 0.1) is 0 Å². The molecule has 170 valence electrons. The molecule has 1 amide bonds. The monoisotopic (exact) mass is 454 g/mol. The van der Waals surface area contributed by atoms with Crippen LogP contribution in [0.25, 0.3) is 33.4 Å². The maximum Gasteiger partial charge on any atom is 0.416 e. The van der Waals surface area contributed by atoms with Crippen molar-refractivity contribution in [2.24, 2.45) is 5.73 Å². The minimum absolute atomic E-state index is 0.163. The Bertz CT molecular complexity index is 1330. The van der Waals surface area contributed by atoms with Crippen molar-refractivity contribution >= 4 is 22.4 Å². The maximum atomic E-state index is 13.0. The number of alkyl halides is 3. The van der Waals surface area contributed by atoms with Crippen LogP contribution in [0.4, 0.5) is 13.2 Å². The number of nitrogens with zero attached hydrogens (tertiary/aromatic N) is 3. The summed E-state index contributed by atoms with van der Waals surface area (Å²) in [5, 5.41) is 0.756. The number of hydrogen-bond donors (Lipinski definition) is 1. The van der Waals surface area contributed by atoms with E-state index in [1.54, 1.807) is 36.2 Å². The van der Waals surface area contributed by atoms with E-state index in [-0.39, 0.29) is 5.57 Å². The van der Waals surface area contributed by atoms with Crippen molar-refractivity contribution < 1.29 is 22.7 Å². The number of methoxy groups -OCH3 is 1. The fraction of sp³-hybridized carbons (Fsp3) is 0.167. The maximum absolute atomic E-state index is 13.0. The van der Waals surface area contributed by atoms with E-state index in [4.69, 9.17) is 10.5 Å². The summed E-state index contributed by atoms with van der Waals surface area (Å²) in [4.78, 5) is 16.1. The number of rotatable bonds is 7. The molecule has 0 saturated carbocycles. The van der Waals surface area contributed by atoms with Crippen LogP contribution in [0.3, 0.4) is 0 Å². The number of carbonyl (C=O) groups is 1. The average Bonchev–Trinajstić information content (AvgIpc) is 3.40. The Labute approximate surface area is 187 Å². The summed E-state index contributed by atoms with van der Waals surface area (Å²) in [6, 6.07) is 10.2. The number of imidazole rings is 1. The number of amides is 1. The Morgan fingerprint density at radius 1 is 1.15 bits per heavy atom. The van der Waals surface area contributed by atoms with Crippen molar-refractivity contribution in [2.45, 2.75) is 12.7 Å². The van der Waals surface area contributed by atoms with Gasteiger partial charge >= 0.3 is 6.18 Å². The van der Waals surface area contributed by atoms with Crippen molar-refractivity contribution in [3.8, 4) is 16.9 Å². The second-order valence-corrected chi connectivity index (χ2v) is 7.52. The lowest BCUT2D eigenvalue weighted by Gasteiger charge is -2.10. The number of fused-ring (bicyclic) bond motifs is 1. The van der Waals surface area contributed by atoms with Gasteiger partial charge in [0.1, 0.15) is 0 Å². The van der Waals surface area contributed by atoms with E-state index in [2.05, 4.69) is 11.6 Å². The SMILES string of the molecule is C=C(C(N)=O)c1ccc2c(c1)c(-c1cn(CCOC)cn1)cn2-c1ccc(C(F)(F)F)cc1. The van der Waals surface area contributed by atoms with Gasteiger partial charge in [0.25, 0.3) is 0 Å². The molecule has 0 saturated heterocycles. The van der Waals surface area contributed by atoms with Gasteiger partial charge in [-0.2, -0.15) is 13.2 Å². The van der Waals surface area contributed by atoms with E-state index in [0.717, 1.165) is 28.6 Å². The van der Waals surface area contributed by atoms with E-state index in [0.29, 0.717) is 30.1 Å². The number of ether oxygens (including phenoxy) is 1. The highest BCUT2D eigenvalue weighted by Gasteiger charge is 2.30. The number of benzene rings is 2. The van der Waals surface area contributed by atoms with Gasteiger partial charge < -0.3 is 19.6 Å². The summed E-state index contributed by atoms with van der Waals surface area (Å²) >= 11 is 0. The van der Waals surface area contributed by atoms with E-state index in [9.17, 15) is 18.0 Å². The first-order valence-electron chi connectivity index (χ1n) is 10.0. The van der Waals surface area contributed by atoms with Gasteiger partial charge in [0.05, 0.1) is 29.7 Å². The Balaban J connectivity index is 1.87. The van der Waals surface area contributed by atoms with E-state index >= 15 is 0 Å². The molecule has 0 aliphatic carbocycles. The standard InChI is InChI=1S/C24H21F3N4O2/c1-15(23(28)32)16-3-8-22-19(11-16)20(21-13-30(14-29-21)9-10-33-2)12-31(22)18-6-4-17(5-7-18)24(25,26)27/h3-8,11-14H,1,9-10H2,2H3,(H2,28,32). The number of hydrogen-bond acceptors (Lipinski definition) is 3. The van der Waals surface area contributed by atoms with Crippen molar-refractivity contribution in [1.82, 2.24) is 14.1 Å². The molecular weight excluding hydrogens is 433 g/mol. The molecule has 9 heteroatoms. The zero-order chi connectivity index (χ0) is 23.8. The van der Waals surface area contributed by atoms with E-state index < -0.39 is 17.6 Å². The average molecular weight is 454 g/mol. The second-order valence-electron chi connectivity index (χ2n) is 7.52. The minimum Gasteiger partial charge on any atom is -0.383 e. The number of primary amides is 1. The predicted molar refractivity (Wildman–Crippen MR) is 120 cm³/mol. The zero-order valence-corrected chi connectivity index (χ0v) is 17.8. The van der Waals surface area contributed by atoms with Gasteiger partial charge in [-0.1, -0.05) is 12.6 Å². The molecule has 0 aliphatic heterocycles. The second kappa shape index (κ2) is 8.59. The molecule has 0 fully saturated rings. The smallest absolute Gasteiger partial charge is 0.383 e. The number of nitrogens with two attached hydrogens (primary N) is 1. The number of carbonyl (C=O) groups excluding carboxylic acids is 1. The molecule has 33 heavy (non-hydrogen) atoms. The van der Waals surface area contributed by atoms with Gasteiger partial charge in [-0.05, 0) is 42.0 Å². The van der Waals surface area contributed by atoms with Crippen molar-refractivity contribution in [1.29, 1.82) is 0 Å². The first kappa shape index (κ1) is 22.3. The molecule has 0 unspecified atom stereocenters. The van der Waals surface area contributed by atoms with Gasteiger partial charge in [0, 0.05) is 48.3 Å². The summed E-state index contributed by atoms with van der Waals surface area (Å²) in [5.74, 6) is -0.637. The summed E-state index contributed by atoms with van der Waals surface area (Å²) in [6.45, 7) is 4.88. The van der Waals surface area contributed by atoms with Crippen molar-refractivity contribution in [2.75, 3.05) is 13.7 Å². The number of aromatic nitrogens is 3. The quantitative estimate of drug-likeness (QED) is 0.413. The fourth-order valence-corrected chi connectivity index (χ4v) is 3.61. The van der Waals surface area contributed by atoms with Crippen LogP contribution < -0.4 is 5.73 Å². The molecule has 0 radical (unpaired) electrons. The largest absolute Gasteiger partial charge is 0.416 e. The molecule has 2 aromatic carbocycles. The fourth-order valence-electron chi connectivity index (χ4n) is 3.61. The van der Waals surface area contributed by atoms with Crippen LogP contribution >= 0.6 is 0 Å². The predicted octanol–water partition coefficient (Wildman–Crippen LogP) is 4.66. The lowest BCUT2D eigenvalue weighted by atomic mass is 10.0. The molecule has 0 bridgehead atoms. The molecule has 2 aromatic heterocycles. The topological polar surface area (TPSA) is 75.1 Å². The molecule has 2 heterocycles. The summed E-state index contributed by atoms with van der Waals surface area (Å²) in [6.07, 6.45) is 0.941. The summed E-state index contributed by atoms with van der Waals surface area (Å²) in [5.41, 5.74) is 8.10. The summed E-state index contributed by atoms with van der Waals surface area (Å²) in [7, 11) is 1.61. The van der Waals surface area contributed by atoms with Crippen LogP contribution in [0.1, 0.15) is 11.1 Å². The lowest BCUT2D eigenvalue weighted by molar-refractivity contribution is -0.137. The van der Waals surface area contributed by atoms with Crippen LogP contribution in [0.5, 0.6) is 0 Å². The summed E-state index contributed by atoms with van der Waals surface area (Å²) < 4.78 is 47.8. The molecule has 0 spiro atoms. The van der Waals surface area contributed by atoms with Gasteiger partial charge in [-0.25, -0.2) is 4.98 Å². The molecule has 4 aromatic rings. The Morgan fingerprint density at radius 3 is 2.52 bits per heavy atom. The highest BCUT2D eigenvalue weighted by atomic mass is 19.4. The third kappa shape index (κ3) is 4.40. The van der Waals surface area contributed by atoms with Crippen LogP contribution in [0.15, 0.2) is 67.8 Å². The first-order chi connectivity index (χ1) is 15.7. The Morgan fingerprint density at radius 2 is 1.88 bits per heavy atom. The normalized spacial score (nSPS) is 11.8. The molecule has 0 atom stereocenters. The number of halogens is 3. The van der Waals surface area contributed by atoms with Crippen molar-refractivity contribution in [3.63, 3.8) is 0 Å². The Kier molecular flexibility index (Phi) is 5.82. The van der Waals surface area contributed by atoms with Crippen LogP contribution in [0.2, 0.25) is 0 Å². The van der Waals surface area contributed by atoms with E-state index in [1.165, 1.54) is 12.1 Å². The molecule has 4 rings (SSSR count). The zero-order valence-electron chi connectivity index (χ0n) is 17.8. The molecule has 6 nitrogen and oxygen atoms in total. The highest BCUT2D eigenvalue weighted by Crippen LogP contribution is 2.35. The Hall–Kier alpha value is -3.85. The van der Waals surface area contributed by atoms with Crippen molar-refractivity contribution in [3.05, 3.63) is 78.9 Å². The lowest BCUT2D eigenvalue weighted by Crippen LogP contribution is -2.11. The molecular formula is C24H21F3N4O2. The van der Waals surface area contributed by atoms with Gasteiger partial charge in [-0.3, -0.25) is 4.79 Å². The third-order valence-electron chi connectivity index (χ3n) is 5.39. The molecule has 2 N–H and O–H groups in total. The van der Waals surface area contributed by atoms with Gasteiger partial charge in [-0.15, -0.1) is 0 Å². The van der Waals surface area contributed by atoms with E-state index in [1.807, 2.05) is 17.0 Å². The van der Waals surface area contributed by atoms with Gasteiger partial charge in [0.15, 0.2) is 0 Å². The third-order valence-corrected chi connectivity index (χ3v) is 5.39. The molecule has 0 aliphatic rings. The first-order valence-corrected chi connectivity index (χ1v) is 10.0.